The van der Waals surface area contributed by atoms with Gasteiger partial charge >= 0.3 is 0 Å². The molecular weight excluding hydrogens is 220 g/mol. The Bertz CT molecular complexity index is 309. The lowest BCUT2D eigenvalue weighted by atomic mass is 10.2. The maximum Gasteiger partial charge on any atom is 0.299 e. The second-order valence-electron chi connectivity index (χ2n) is 2.38. The summed E-state index contributed by atoms with van der Waals surface area (Å²) in [7, 11) is 0. The van der Waals surface area contributed by atoms with Crippen LogP contribution in [-0.4, -0.2) is 24.7 Å². The van der Waals surface area contributed by atoms with Crippen molar-refractivity contribution in [3.63, 3.8) is 0 Å². The monoisotopic (exact) mass is 225 g/mol. The normalized spacial score (nSPS) is 27.5. The maximum absolute atomic E-state index is 12.6. The van der Waals surface area contributed by atoms with Crippen LogP contribution in [0.5, 0.6) is 0 Å². The molecule has 2 unspecified atom stereocenters. The number of nitrogens with zero attached hydrogens (tertiary/aromatic N) is 2. The highest BCUT2D eigenvalue weighted by Gasteiger charge is 2.47. The van der Waals surface area contributed by atoms with Crippen molar-refractivity contribution >= 4 is 17.5 Å². The summed E-state index contributed by atoms with van der Waals surface area (Å²) in [6.07, 6.45) is -1.36. The molecule has 1 amide bonds. The van der Waals surface area contributed by atoms with Crippen LogP contribution in [-0.2, 0) is 9.53 Å². The van der Waals surface area contributed by atoms with Crippen LogP contribution in [0.2, 0.25) is 0 Å². The average Bonchev–Trinajstić information content (AvgIpc) is 2.49. The summed E-state index contributed by atoms with van der Waals surface area (Å²) in [6, 6.07) is 0. The number of alkyl halides is 2. The van der Waals surface area contributed by atoms with E-state index in [1.165, 1.54) is 0 Å². The summed E-state index contributed by atoms with van der Waals surface area (Å²) in [4.78, 5) is 10.9. The van der Waals surface area contributed by atoms with Gasteiger partial charge < -0.3 is 10.5 Å². The molecule has 78 valence electrons. The van der Waals surface area contributed by atoms with Crippen LogP contribution in [0.1, 0.15) is 0 Å². The maximum atomic E-state index is 12.6. The Kier molecular flexibility index (Phi) is 3.12. The topological polar surface area (TPSA) is 77.0 Å². The van der Waals surface area contributed by atoms with Crippen molar-refractivity contribution in [2.24, 2.45) is 16.0 Å². The Hall–Kier alpha value is -1.08. The van der Waals surface area contributed by atoms with Crippen LogP contribution < -0.4 is 5.73 Å². The fourth-order valence-corrected chi connectivity index (χ4v) is 1.04. The molecule has 5 nitrogen and oxygen atoms in total. The van der Waals surface area contributed by atoms with Crippen molar-refractivity contribution in [2.45, 2.75) is 12.1 Å². The molecular formula is C6H6ClF2N3O2. The molecule has 0 radical (unpaired) electrons. The fraction of sp³-hybridized carbons (Fsp3) is 0.500. The number of ether oxygens (including phenoxy) is 1. The van der Waals surface area contributed by atoms with Gasteiger partial charge in [0.25, 0.3) is 11.6 Å². The Balaban J connectivity index is 2.90. The molecule has 2 N–H and O–H groups in total. The Morgan fingerprint density at radius 3 is 2.86 bits per heavy atom. The largest absolute Gasteiger partial charge is 0.365 e. The first kappa shape index (κ1) is 11.0. The van der Waals surface area contributed by atoms with E-state index in [-0.39, 0.29) is 5.03 Å². The molecule has 0 aliphatic carbocycles. The number of amides is 1. The van der Waals surface area contributed by atoms with Gasteiger partial charge in [-0.1, -0.05) is 11.6 Å². The lowest BCUT2D eigenvalue weighted by Gasteiger charge is -2.22. The Morgan fingerprint density at radius 1 is 1.86 bits per heavy atom. The molecule has 14 heavy (non-hydrogen) atoms. The molecule has 1 heterocycles. The third kappa shape index (κ3) is 1.73. The molecule has 1 rings (SSSR count). The first-order valence-corrected chi connectivity index (χ1v) is 3.86. The first-order valence-electron chi connectivity index (χ1n) is 3.49. The summed E-state index contributed by atoms with van der Waals surface area (Å²) in [5.41, 5.74) is 2.68. The van der Waals surface area contributed by atoms with Crippen molar-refractivity contribution in [1.29, 1.82) is 0 Å². The van der Waals surface area contributed by atoms with Crippen molar-refractivity contribution in [2.75, 3.05) is 6.67 Å². The van der Waals surface area contributed by atoms with Crippen LogP contribution >= 0.6 is 11.6 Å². The minimum absolute atomic E-state index is 0.305. The van der Waals surface area contributed by atoms with Crippen molar-refractivity contribution in [3.05, 3.63) is 11.2 Å². The van der Waals surface area contributed by atoms with Gasteiger partial charge in [0.1, 0.15) is 11.7 Å². The number of azo groups is 1. The molecule has 0 saturated carbocycles. The first-order chi connectivity index (χ1) is 6.53. The second-order valence-corrected chi connectivity index (χ2v) is 2.79. The summed E-state index contributed by atoms with van der Waals surface area (Å²) < 4.78 is 28.7. The van der Waals surface area contributed by atoms with Crippen molar-refractivity contribution < 1.29 is 18.3 Å². The van der Waals surface area contributed by atoms with Gasteiger partial charge in [-0.05, 0) is 0 Å². The van der Waals surface area contributed by atoms with E-state index in [9.17, 15) is 13.6 Å². The smallest absolute Gasteiger partial charge is 0.299 e. The van der Waals surface area contributed by atoms with Gasteiger partial charge in [0.05, 0.1) is 6.20 Å². The molecule has 0 aromatic heterocycles. The molecule has 0 aromatic rings. The third-order valence-corrected chi connectivity index (χ3v) is 1.80. The summed E-state index contributed by atoms with van der Waals surface area (Å²) in [6.45, 7) is -1.44. The third-order valence-electron chi connectivity index (χ3n) is 1.45. The van der Waals surface area contributed by atoms with Crippen LogP contribution in [0.15, 0.2) is 21.5 Å². The van der Waals surface area contributed by atoms with Crippen LogP contribution in [0.4, 0.5) is 8.78 Å². The molecule has 2 atom stereocenters. The fourth-order valence-electron chi connectivity index (χ4n) is 0.818. The van der Waals surface area contributed by atoms with Gasteiger partial charge in [0, 0.05) is 0 Å². The number of carbonyl (C=O) groups is 1. The standard InChI is InChI=1S/C6H6ClF2N3O2/c7-3-2-11-12-6(3,5(10)13)14-4(9)1-8/h2,4H,1H2,(H2,10,13). The van der Waals surface area contributed by atoms with E-state index in [0.717, 1.165) is 6.20 Å². The van der Waals surface area contributed by atoms with E-state index in [1.807, 2.05) is 0 Å². The molecule has 8 heteroatoms. The molecule has 0 spiro atoms. The number of hydrogen-bond donors (Lipinski definition) is 1. The molecule has 0 bridgehead atoms. The van der Waals surface area contributed by atoms with Gasteiger partial charge in [0.15, 0.2) is 0 Å². The molecule has 1 aliphatic heterocycles. The molecule has 1 aliphatic rings. The highest BCUT2D eigenvalue weighted by atomic mass is 35.5. The van der Waals surface area contributed by atoms with Gasteiger partial charge in [-0.15, -0.1) is 5.11 Å². The Labute approximate surface area is 82.6 Å². The minimum atomic E-state index is -2.33. The van der Waals surface area contributed by atoms with E-state index in [2.05, 4.69) is 15.0 Å². The zero-order chi connectivity index (χ0) is 10.8. The zero-order valence-corrected chi connectivity index (χ0v) is 7.54. The van der Waals surface area contributed by atoms with Crippen molar-refractivity contribution in [3.8, 4) is 0 Å². The summed E-state index contributed by atoms with van der Waals surface area (Å²) >= 11 is 5.49. The summed E-state index contributed by atoms with van der Waals surface area (Å²) in [5, 5.41) is 6.17. The van der Waals surface area contributed by atoms with Crippen LogP contribution in [0, 0.1) is 0 Å². The quantitative estimate of drug-likeness (QED) is 0.775. The van der Waals surface area contributed by atoms with Gasteiger partial charge in [-0.2, -0.15) is 5.11 Å². The predicted molar refractivity (Wildman–Crippen MR) is 42.7 cm³/mol. The summed E-state index contributed by atoms with van der Waals surface area (Å²) in [5.74, 6) is -1.16. The lowest BCUT2D eigenvalue weighted by molar-refractivity contribution is -0.160. The highest BCUT2D eigenvalue weighted by Crippen LogP contribution is 2.33. The Morgan fingerprint density at radius 2 is 2.50 bits per heavy atom. The van der Waals surface area contributed by atoms with E-state index >= 15 is 0 Å². The minimum Gasteiger partial charge on any atom is -0.365 e. The van der Waals surface area contributed by atoms with Gasteiger partial charge in [-0.3, -0.25) is 4.79 Å². The van der Waals surface area contributed by atoms with E-state index < -0.39 is 24.7 Å². The highest BCUT2D eigenvalue weighted by molar-refractivity contribution is 6.32. The SMILES string of the molecule is NC(=O)C1(OC(F)CF)N=NC=C1Cl. The number of rotatable bonds is 4. The lowest BCUT2D eigenvalue weighted by Crippen LogP contribution is -2.46. The number of hydrogen-bond acceptors (Lipinski definition) is 4. The number of halogens is 3. The number of carbonyl (C=O) groups excluding carboxylic acids is 1. The predicted octanol–water partition coefficient (Wildman–Crippen LogP) is 0.996. The zero-order valence-electron chi connectivity index (χ0n) is 6.78. The molecule has 0 saturated heterocycles. The van der Waals surface area contributed by atoms with E-state index in [1.54, 1.807) is 0 Å². The number of primary amides is 1. The average molecular weight is 226 g/mol. The van der Waals surface area contributed by atoms with Crippen LogP contribution in [0.25, 0.3) is 0 Å². The van der Waals surface area contributed by atoms with Crippen LogP contribution in [0.3, 0.4) is 0 Å². The molecule has 0 aromatic carbocycles. The van der Waals surface area contributed by atoms with Gasteiger partial charge in [0.2, 0.25) is 6.36 Å². The van der Waals surface area contributed by atoms with E-state index in [0.29, 0.717) is 0 Å². The molecule has 0 fully saturated rings. The number of nitrogens with two attached hydrogens (primary N) is 1. The van der Waals surface area contributed by atoms with Gasteiger partial charge in [-0.25, -0.2) is 8.78 Å². The van der Waals surface area contributed by atoms with E-state index in [4.69, 9.17) is 17.3 Å². The second kappa shape index (κ2) is 3.97. The van der Waals surface area contributed by atoms with Crippen molar-refractivity contribution in [1.82, 2.24) is 0 Å².